The summed E-state index contributed by atoms with van der Waals surface area (Å²) in [5.74, 6) is 0.135. The largest absolute Gasteiger partial charge is 0.493 e. The van der Waals surface area contributed by atoms with Crippen LogP contribution >= 0.6 is 0 Å². The minimum atomic E-state index is -1.06. The zero-order valence-electron chi connectivity index (χ0n) is 13.4. The molecule has 0 spiro atoms. The molecular weight excluding hydrogens is 310 g/mol. The van der Waals surface area contributed by atoms with Crippen LogP contribution in [0.15, 0.2) is 48.5 Å². The van der Waals surface area contributed by atoms with Crippen LogP contribution < -0.4 is 14.8 Å². The first-order valence-corrected chi connectivity index (χ1v) is 7.22. The summed E-state index contributed by atoms with van der Waals surface area (Å²) in [6.07, 6.45) is 2.17. The third kappa shape index (κ3) is 4.27. The van der Waals surface area contributed by atoms with Crippen LogP contribution in [0, 0.1) is 0 Å². The molecule has 0 amide bonds. The molecule has 1 unspecified atom stereocenters. The van der Waals surface area contributed by atoms with Gasteiger partial charge in [-0.15, -0.1) is 0 Å². The summed E-state index contributed by atoms with van der Waals surface area (Å²) < 4.78 is 10.4. The molecule has 0 aliphatic heterocycles. The SMILES string of the molecule is COc1ccc(/C=C/C(O)Nc2ccccc2C(=O)O)cc1OC. The van der Waals surface area contributed by atoms with Gasteiger partial charge >= 0.3 is 5.97 Å². The molecular formula is C18H19NO5. The van der Waals surface area contributed by atoms with Crippen molar-refractivity contribution in [1.29, 1.82) is 0 Å². The number of carbonyl (C=O) groups is 1. The summed E-state index contributed by atoms with van der Waals surface area (Å²) in [4.78, 5) is 11.1. The molecule has 0 heterocycles. The van der Waals surface area contributed by atoms with Crippen LogP contribution in [0.2, 0.25) is 0 Å². The van der Waals surface area contributed by atoms with Gasteiger partial charge in [-0.3, -0.25) is 0 Å². The molecule has 1 atom stereocenters. The van der Waals surface area contributed by atoms with Gasteiger partial charge in [-0.05, 0) is 35.9 Å². The van der Waals surface area contributed by atoms with Crippen molar-refractivity contribution in [2.24, 2.45) is 0 Å². The van der Waals surface area contributed by atoms with E-state index in [1.54, 1.807) is 50.6 Å². The van der Waals surface area contributed by atoms with Crippen molar-refractivity contribution in [3.63, 3.8) is 0 Å². The molecule has 6 heteroatoms. The van der Waals surface area contributed by atoms with Gasteiger partial charge in [0.15, 0.2) is 11.5 Å². The van der Waals surface area contributed by atoms with Crippen molar-refractivity contribution < 1.29 is 24.5 Å². The number of aromatic carboxylic acids is 1. The summed E-state index contributed by atoms with van der Waals surface area (Å²) in [6.45, 7) is 0. The number of nitrogens with one attached hydrogen (secondary N) is 1. The number of benzene rings is 2. The molecule has 2 rings (SSSR count). The van der Waals surface area contributed by atoms with Crippen LogP contribution in [0.1, 0.15) is 15.9 Å². The van der Waals surface area contributed by atoms with Gasteiger partial charge in [0.2, 0.25) is 0 Å². The Morgan fingerprint density at radius 2 is 1.83 bits per heavy atom. The van der Waals surface area contributed by atoms with Gasteiger partial charge in [0, 0.05) is 0 Å². The average molecular weight is 329 g/mol. The van der Waals surface area contributed by atoms with Crippen LogP contribution in [0.25, 0.3) is 6.08 Å². The van der Waals surface area contributed by atoms with E-state index in [0.717, 1.165) is 5.56 Å². The lowest BCUT2D eigenvalue weighted by molar-refractivity contribution is 0.0698. The summed E-state index contributed by atoms with van der Waals surface area (Å²) in [5.41, 5.74) is 1.24. The smallest absolute Gasteiger partial charge is 0.337 e. The molecule has 0 aliphatic carbocycles. The molecule has 0 fully saturated rings. The predicted octanol–water partition coefficient (Wildman–Crippen LogP) is 2.85. The number of hydrogen-bond donors (Lipinski definition) is 3. The van der Waals surface area contributed by atoms with Crippen molar-refractivity contribution in [3.05, 3.63) is 59.7 Å². The number of aliphatic hydroxyl groups excluding tert-OH is 1. The topological polar surface area (TPSA) is 88.0 Å². The van der Waals surface area contributed by atoms with Crippen LogP contribution in [0.4, 0.5) is 5.69 Å². The number of carboxylic acids is 1. The molecule has 3 N–H and O–H groups in total. The molecule has 2 aromatic carbocycles. The number of aliphatic hydroxyl groups is 1. The number of rotatable bonds is 7. The zero-order valence-corrected chi connectivity index (χ0v) is 13.4. The first kappa shape index (κ1) is 17.4. The number of ether oxygens (including phenoxy) is 2. The molecule has 0 aromatic heterocycles. The molecule has 0 radical (unpaired) electrons. The molecule has 0 bridgehead atoms. The third-order valence-electron chi connectivity index (χ3n) is 3.34. The summed E-state index contributed by atoms with van der Waals surface area (Å²) in [5, 5.41) is 21.9. The lowest BCUT2D eigenvalue weighted by atomic mass is 10.1. The summed E-state index contributed by atoms with van der Waals surface area (Å²) in [6, 6.07) is 11.7. The Hall–Kier alpha value is -2.99. The average Bonchev–Trinajstić information content (AvgIpc) is 2.59. The van der Waals surface area contributed by atoms with E-state index in [4.69, 9.17) is 14.6 Å². The van der Waals surface area contributed by atoms with Crippen molar-refractivity contribution >= 4 is 17.7 Å². The van der Waals surface area contributed by atoms with Crippen molar-refractivity contribution in [2.75, 3.05) is 19.5 Å². The second-order valence-electron chi connectivity index (χ2n) is 4.91. The lowest BCUT2D eigenvalue weighted by Gasteiger charge is -2.13. The molecule has 126 valence electrons. The third-order valence-corrected chi connectivity index (χ3v) is 3.34. The molecule has 2 aromatic rings. The van der Waals surface area contributed by atoms with Gasteiger partial charge in [-0.2, -0.15) is 0 Å². The minimum absolute atomic E-state index is 0.0936. The van der Waals surface area contributed by atoms with Gasteiger partial charge < -0.3 is 25.0 Å². The lowest BCUT2D eigenvalue weighted by Crippen LogP contribution is -2.17. The fourth-order valence-electron chi connectivity index (χ4n) is 2.16. The van der Waals surface area contributed by atoms with Crippen molar-refractivity contribution in [2.45, 2.75) is 6.23 Å². The number of hydrogen-bond acceptors (Lipinski definition) is 5. The maximum absolute atomic E-state index is 11.1. The maximum Gasteiger partial charge on any atom is 0.337 e. The second-order valence-corrected chi connectivity index (χ2v) is 4.91. The Bertz CT molecular complexity index is 742. The van der Waals surface area contributed by atoms with Gasteiger partial charge in [-0.1, -0.05) is 24.3 Å². The van der Waals surface area contributed by atoms with Crippen LogP contribution in [0.3, 0.4) is 0 Å². The fraction of sp³-hybridized carbons (Fsp3) is 0.167. The number of anilines is 1. The highest BCUT2D eigenvalue weighted by atomic mass is 16.5. The Balaban J connectivity index is 2.11. The predicted molar refractivity (Wildman–Crippen MR) is 91.6 cm³/mol. The first-order chi connectivity index (χ1) is 11.5. The second kappa shape index (κ2) is 8.03. The molecule has 6 nitrogen and oxygen atoms in total. The Morgan fingerprint density at radius 1 is 1.12 bits per heavy atom. The Morgan fingerprint density at radius 3 is 2.50 bits per heavy atom. The number of para-hydroxylation sites is 1. The normalized spacial score (nSPS) is 12.0. The standard InChI is InChI=1S/C18H19NO5/c1-23-15-9-7-12(11-16(15)24-2)8-10-17(20)19-14-6-4-3-5-13(14)18(21)22/h3-11,17,19-20H,1-2H3,(H,21,22)/b10-8+. The zero-order chi connectivity index (χ0) is 17.5. The monoisotopic (exact) mass is 329 g/mol. The van der Waals surface area contributed by atoms with E-state index in [2.05, 4.69) is 5.32 Å². The Kier molecular flexibility index (Phi) is 5.81. The van der Waals surface area contributed by atoms with E-state index in [9.17, 15) is 9.90 Å². The van der Waals surface area contributed by atoms with E-state index in [1.807, 2.05) is 6.07 Å². The van der Waals surface area contributed by atoms with Gasteiger partial charge in [0.1, 0.15) is 6.23 Å². The van der Waals surface area contributed by atoms with Gasteiger partial charge in [-0.25, -0.2) is 4.79 Å². The van der Waals surface area contributed by atoms with Crippen LogP contribution in [-0.2, 0) is 0 Å². The highest BCUT2D eigenvalue weighted by Crippen LogP contribution is 2.28. The minimum Gasteiger partial charge on any atom is -0.493 e. The van der Waals surface area contributed by atoms with Crippen molar-refractivity contribution in [1.82, 2.24) is 0 Å². The van der Waals surface area contributed by atoms with Crippen LogP contribution in [-0.4, -0.2) is 36.6 Å². The van der Waals surface area contributed by atoms with Crippen molar-refractivity contribution in [3.8, 4) is 11.5 Å². The van der Waals surface area contributed by atoms with E-state index in [-0.39, 0.29) is 5.56 Å². The van der Waals surface area contributed by atoms with E-state index < -0.39 is 12.2 Å². The van der Waals surface area contributed by atoms with E-state index in [1.165, 1.54) is 12.1 Å². The van der Waals surface area contributed by atoms with Crippen LogP contribution in [0.5, 0.6) is 11.5 Å². The highest BCUT2D eigenvalue weighted by molar-refractivity contribution is 5.94. The maximum atomic E-state index is 11.1. The number of carboxylic acid groups (broad SMARTS) is 1. The molecule has 0 saturated carbocycles. The molecule has 0 saturated heterocycles. The highest BCUT2D eigenvalue weighted by Gasteiger charge is 2.10. The molecule has 24 heavy (non-hydrogen) atoms. The quantitative estimate of drug-likeness (QED) is 0.677. The van der Waals surface area contributed by atoms with E-state index >= 15 is 0 Å². The Labute approximate surface area is 140 Å². The van der Waals surface area contributed by atoms with E-state index in [0.29, 0.717) is 17.2 Å². The summed E-state index contributed by atoms with van der Waals surface area (Å²) >= 11 is 0. The van der Waals surface area contributed by atoms with Gasteiger partial charge in [0.25, 0.3) is 0 Å². The summed E-state index contributed by atoms with van der Waals surface area (Å²) in [7, 11) is 3.10. The van der Waals surface area contributed by atoms with Gasteiger partial charge in [0.05, 0.1) is 25.5 Å². The molecule has 0 aliphatic rings. The first-order valence-electron chi connectivity index (χ1n) is 7.22. The fourth-order valence-corrected chi connectivity index (χ4v) is 2.16. The number of methoxy groups -OCH3 is 2.